The fourth-order valence-electron chi connectivity index (χ4n) is 1.72. The van der Waals surface area contributed by atoms with Crippen LogP contribution in [0.1, 0.15) is 26.7 Å². The summed E-state index contributed by atoms with van der Waals surface area (Å²) in [7, 11) is 0. The van der Waals surface area contributed by atoms with E-state index in [9.17, 15) is 9.90 Å². The highest BCUT2D eigenvalue weighted by Crippen LogP contribution is 2.24. The molecule has 1 rings (SSSR count). The smallest absolute Gasteiger partial charge is 0.233 e. The molecule has 0 aromatic carbocycles. The number of aliphatic hydroxyl groups is 1. The van der Waals surface area contributed by atoms with E-state index in [-0.39, 0.29) is 18.6 Å². The van der Waals surface area contributed by atoms with Gasteiger partial charge in [-0.1, -0.05) is 6.92 Å². The second kappa shape index (κ2) is 6.18. The van der Waals surface area contributed by atoms with Gasteiger partial charge in [0, 0.05) is 26.1 Å². The highest BCUT2D eigenvalue weighted by molar-refractivity contribution is 5.77. The van der Waals surface area contributed by atoms with E-state index in [1.54, 1.807) is 0 Å². The van der Waals surface area contributed by atoms with Crippen LogP contribution in [0.15, 0.2) is 0 Å². The molecule has 0 bridgehead atoms. The molecule has 0 aromatic heterocycles. The van der Waals surface area contributed by atoms with Crippen LogP contribution < -0.4 is 10.6 Å². The van der Waals surface area contributed by atoms with Crippen molar-refractivity contribution in [2.45, 2.75) is 38.4 Å². The minimum Gasteiger partial charge on any atom is -0.386 e. The van der Waals surface area contributed by atoms with E-state index in [0.29, 0.717) is 26.1 Å². The van der Waals surface area contributed by atoms with E-state index in [1.165, 1.54) is 0 Å². The van der Waals surface area contributed by atoms with Crippen LogP contribution in [0.4, 0.5) is 0 Å². The van der Waals surface area contributed by atoms with E-state index in [0.717, 1.165) is 6.42 Å². The summed E-state index contributed by atoms with van der Waals surface area (Å²) < 4.78 is 5.30. The number of rotatable bonds is 6. The first kappa shape index (κ1) is 13.4. The predicted octanol–water partition coefficient (Wildman–Crippen LogP) is -0.358. The second-order valence-electron chi connectivity index (χ2n) is 4.32. The largest absolute Gasteiger partial charge is 0.386 e. The van der Waals surface area contributed by atoms with Crippen molar-refractivity contribution in [1.82, 2.24) is 10.6 Å². The Labute approximate surface area is 96.6 Å². The molecule has 1 aliphatic rings. The molecule has 2 unspecified atom stereocenters. The van der Waals surface area contributed by atoms with E-state index in [4.69, 9.17) is 4.74 Å². The summed E-state index contributed by atoms with van der Waals surface area (Å²) in [6, 6.07) is 0. The topological polar surface area (TPSA) is 70.6 Å². The van der Waals surface area contributed by atoms with Gasteiger partial charge in [-0.25, -0.2) is 0 Å². The highest BCUT2D eigenvalue weighted by atomic mass is 16.5. The van der Waals surface area contributed by atoms with Gasteiger partial charge in [0.25, 0.3) is 0 Å². The van der Waals surface area contributed by atoms with Crippen molar-refractivity contribution < 1.29 is 14.6 Å². The molecule has 0 radical (unpaired) electrons. The number of ether oxygens (including phenoxy) is 1. The van der Waals surface area contributed by atoms with E-state index in [1.807, 2.05) is 13.8 Å². The van der Waals surface area contributed by atoms with Gasteiger partial charge in [0.2, 0.25) is 5.91 Å². The van der Waals surface area contributed by atoms with Crippen LogP contribution in [-0.4, -0.2) is 49.0 Å². The van der Waals surface area contributed by atoms with Crippen LogP contribution in [0.25, 0.3) is 0 Å². The Morgan fingerprint density at radius 1 is 1.62 bits per heavy atom. The molecular formula is C11H22N2O3. The number of nitrogens with one attached hydrogen (secondary N) is 2. The summed E-state index contributed by atoms with van der Waals surface area (Å²) in [5.74, 6) is -0.0305. The third-order valence-electron chi connectivity index (χ3n) is 2.95. The summed E-state index contributed by atoms with van der Waals surface area (Å²) in [6.07, 6.45) is 1.39. The van der Waals surface area contributed by atoms with E-state index >= 15 is 0 Å². The molecule has 0 saturated carbocycles. The monoisotopic (exact) mass is 230 g/mol. The molecule has 0 spiro atoms. The summed E-state index contributed by atoms with van der Waals surface area (Å²) in [5, 5.41) is 15.9. The average molecular weight is 230 g/mol. The Balaban J connectivity index is 2.17. The lowest BCUT2D eigenvalue weighted by atomic mass is 9.97. The summed E-state index contributed by atoms with van der Waals surface area (Å²) in [6.45, 7) is 5.79. The third kappa shape index (κ3) is 3.73. The number of carbonyl (C=O) groups is 1. The van der Waals surface area contributed by atoms with Crippen molar-refractivity contribution in [2.24, 2.45) is 0 Å². The van der Waals surface area contributed by atoms with Gasteiger partial charge in [0.15, 0.2) is 0 Å². The van der Waals surface area contributed by atoms with Gasteiger partial charge in [0.1, 0.15) is 5.60 Å². The van der Waals surface area contributed by atoms with Crippen LogP contribution >= 0.6 is 0 Å². The molecule has 5 nitrogen and oxygen atoms in total. The third-order valence-corrected chi connectivity index (χ3v) is 2.95. The fourth-order valence-corrected chi connectivity index (χ4v) is 1.72. The van der Waals surface area contributed by atoms with Gasteiger partial charge in [-0.15, -0.1) is 0 Å². The molecule has 0 aromatic rings. The molecule has 1 fully saturated rings. The first-order chi connectivity index (χ1) is 7.58. The zero-order valence-electron chi connectivity index (χ0n) is 10.1. The number of carbonyl (C=O) groups excluding carboxylic acids is 1. The molecule has 94 valence electrons. The minimum atomic E-state index is -0.828. The van der Waals surface area contributed by atoms with E-state index in [2.05, 4.69) is 10.6 Å². The Morgan fingerprint density at radius 2 is 2.38 bits per heavy atom. The molecule has 1 heterocycles. The molecule has 1 saturated heterocycles. The van der Waals surface area contributed by atoms with Gasteiger partial charge in [-0.3, -0.25) is 4.79 Å². The number of hydrogen-bond donors (Lipinski definition) is 3. The minimum absolute atomic E-state index is 0.0305. The lowest BCUT2D eigenvalue weighted by Gasteiger charge is -2.26. The Kier molecular flexibility index (Phi) is 5.18. The van der Waals surface area contributed by atoms with Crippen LogP contribution in [0, 0.1) is 0 Å². The van der Waals surface area contributed by atoms with Crippen LogP contribution in [0.2, 0.25) is 0 Å². The first-order valence-electron chi connectivity index (χ1n) is 5.90. The normalized spacial score (nSPS) is 29.3. The second-order valence-corrected chi connectivity index (χ2v) is 4.32. The Morgan fingerprint density at radius 3 is 2.94 bits per heavy atom. The van der Waals surface area contributed by atoms with Crippen LogP contribution in [0.3, 0.4) is 0 Å². The lowest BCUT2D eigenvalue weighted by molar-refractivity contribution is -0.120. The fraction of sp³-hybridized carbons (Fsp3) is 0.909. The number of hydrogen-bond acceptors (Lipinski definition) is 4. The summed E-state index contributed by atoms with van der Waals surface area (Å²) in [4.78, 5) is 11.3. The summed E-state index contributed by atoms with van der Waals surface area (Å²) >= 11 is 0. The molecule has 16 heavy (non-hydrogen) atoms. The molecule has 0 aliphatic carbocycles. The van der Waals surface area contributed by atoms with Crippen molar-refractivity contribution in [2.75, 3.05) is 26.2 Å². The van der Waals surface area contributed by atoms with E-state index < -0.39 is 5.60 Å². The van der Waals surface area contributed by atoms with Gasteiger partial charge in [0.05, 0.1) is 12.6 Å². The van der Waals surface area contributed by atoms with Crippen molar-refractivity contribution in [1.29, 1.82) is 0 Å². The van der Waals surface area contributed by atoms with Gasteiger partial charge >= 0.3 is 0 Å². The Bertz CT molecular complexity index is 235. The zero-order valence-corrected chi connectivity index (χ0v) is 10.1. The van der Waals surface area contributed by atoms with Crippen molar-refractivity contribution in [3.63, 3.8) is 0 Å². The van der Waals surface area contributed by atoms with Gasteiger partial charge in [-0.2, -0.15) is 0 Å². The Hall–Kier alpha value is -0.650. The molecular weight excluding hydrogens is 208 g/mol. The predicted molar refractivity (Wildman–Crippen MR) is 61.2 cm³/mol. The quantitative estimate of drug-likeness (QED) is 0.583. The van der Waals surface area contributed by atoms with Crippen molar-refractivity contribution in [3.8, 4) is 0 Å². The maximum Gasteiger partial charge on any atom is 0.233 e. The van der Waals surface area contributed by atoms with Crippen molar-refractivity contribution in [3.05, 3.63) is 0 Å². The van der Waals surface area contributed by atoms with Gasteiger partial charge < -0.3 is 20.5 Å². The molecule has 1 amide bonds. The van der Waals surface area contributed by atoms with Crippen LogP contribution in [0.5, 0.6) is 0 Å². The maximum atomic E-state index is 11.3. The first-order valence-corrected chi connectivity index (χ1v) is 5.90. The maximum absolute atomic E-state index is 11.3. The van der Waals surface area contributed by atoms with Crippen LogP contribution in [-0.2, 0) is 9.53 Å². The SMILES string of the molecule is CCCNC(=O)CNCC1(O)CCOC1C. The van der Waals surface area contributed by atoms with Crippen molar-refractivity contribution >= 4 is 5.91 Å². The average Bonchev–Trinajstić information content (AvgIpc) is 2.57. The molecule has 1 aliphatic heterocycles. The molecule has 5 heteroatoms. The standard InChI is InChI=1S/C11H22N2O3/c1-3-5-13-10(14)7-12-8-11(15)4-6-16-9(11)2/h9,12,15H,3-8H2,1-2H3,(H,13,14). The highest BCUT2D eigenvalue weighted by Gasteiger charge is 2.39. The number of amides is 1. The zero-order chi connectivity index (χ0) is 12.0. The van der Waals surface area contributed by atoms with Gasteiger partial charge in [-0.05, 0) is 13.3 Å². The lowest BCUT2D eigenvalue weighted by Crippen LogP contribution is -2.48. The molecule has 2 atom stereocenters. The summed E-state index contributed by atoms with van der Waals surface area (Å²) in [5.41, 5.74) is -0.828. The molecule has 3 N–H and O–H groups in total.